The van der Waals surface area contributed by atoms with Crippen LogP contribution >= 0.6 is 0 Å². The summed E-state index contributed by atoms with van der Waals surface area (Å²) in [5, 5.41) is 0. The highest BCUT2D eigenvalue weighted by atomic mass is 16.5. The Hall–Kier alpha value is -4.47. The van der Waals surface area contributed by atoms with Gasteiger partial charge in [-0.05, 0) is 37.3 Å². The lowest BCUT2D eigenvalue weighted by Crippen LogP contribution is -2.11. The number of esters is 3. The molecular formula is C23H20N4O6. The Labute approximate surface area is 187 Å². The van der Waals surface area contributed by atoms with E-state index in [0.717, 1.165) is 0 Å². The quantitative estimate of drug-likeness (QED) is 0.361. The number of fused-ring (bicyclic) bond motifs is 2. The molecule has 4 aromatic rings. The predicted octanol–water partition coefficient (Wildman–Crippen LogP) is 2.91. The predicted molar refractivity (Wildman–Crippen MR) is 119 cm³/mol. The second kappa shape index (κ2) is 8.58. The van der Waals surface area contributed by atoms with E-state index >= 15 is 0 Å². The van der Waals surface area contributed by atoms with E-state index in [1.807, 2.05) is 0 Å². The first-order chi connectivity index (χ1) is 15.9. The van der Waals surface area contributed by atoms with Gasteiger partial charge in [-0.25, -0.2) is 24.4 Å². The smallest absolute Gasteiger partial charge is 0.344 e. The summed E-state index contributed by atoms with van der Waals surface area (Å²) in [6.45, 7) is 1.81. The summed E-state index contributed by atoms with van der Waals surface area (Å²) in [5.41, 5.74) is 8.52. The van der Waals surface area contributed by atoms with E-state index < -0.39 is 17.9 Å². The van der Waals surface area contributed by atoms with Crippen LogP contribution in [0.1, 0.15) is 38.0 Å². The standard InChI is InChI=1S/C23H20N4O6/c1-4-33-23(30)17-18-20(26-16-8-6-5-7-15(16)25-18)27(19(17)24)14-10-12(21(28)31-2)9-13(11-14)22(29)32-3/h5-11H,4,24H2,1-3H3. The Morgan fingerprint density at radius 1 is 0.909 bits per heavy atom. The molecule has 0 spiro atoms. The van der Waals surface area contributed by atoms with Crippen LogP contribution in [0.4, 0.5) is 5.82 Å². The molecule has 33 heavy (non-hydrogen) atoms. The van der Waals surface area contributed by atoms with E-state index in [-0.39, 0.29) is 40.3 Å². The van der Waals surface area contributed by atoms with Crippen LogP contribution in [0.15, 0.2) is 42.5 Å². The second-order valence-corrected chi connectivity index (χ2v) is 6.95. The first-order valence-electron chi connectivity index (χ1n) is 9.95. The van der Waals surface area contributed by atoms with E-state index in [2.05, 4.69) is 9.97 Å². The molecule has 0 aliphatic heterocycles. The number of methoxy groups -OCH3 is 2. The highest BCUT2D eigenvalue weighted by molar-refractivity contribution is 6.09. The van der Waals surface area contributed by atoms with Gasteiger partial charge in [-0.15, -0.1) is 0 Å². The van der Waals surface area contributed by atoms with Gasteiger partial charge in [0.1, 0.15) is 16.9 Å². The van der Waals surface area contributed by atoms with Crippen molar-refractivity contribution in [3.8, 4) is 5.69 Å². The molecule has 2 heterocycles. The molecule has 10 nitrogen and oxygen atoms in total. The van der Waals surface area contributed by atoms with Crippen LogP contribution in [0, 0.1) is 0 Å². The highest BCUT2D eigenvalue weighted by Crippen LogP contribution is 2.32. The fourth-order valence-corrected chi connectivity index (χ4v) is 3.54. The minimum Gasteiger partial charge on any atom is -0.465 e. The first-order valence-corrected chi connectivity index (χ1v) is 9.95. The normalized spacial score (nSPS) is 10.9. The van der Waals surface area contributed by atoms with Crippen LogP contribution in [0.2, 0.25) is 0 Å². The van der Waals surface area contributed by atoms with Crippen LogP contribution in [0.3, 0.4) is 0 Å². The number of ether oxygens (including phenoxy) is 3. The molecule has 0 atom stereocenters. The van der Waals surface area contributed by atoms with Gasteiger partial charge < -0.3 is 19.9 Å². The molecule has 10 heteroatoms. The van der Waals surface area contributed by atoms with E-state index in [4.69, 9.17) is 19.9 Å². The molecule has 0 radical (unpaired) electrons. The molecule has 0 amide bonds. The lowest BCUT2D eigenvalue weighted by atomic mass is 10.1. The van der Waals surface area contributed by atoms with Crippen LogP contribution in [-0.4, -0.2) is 53.3 Å². The molecule has 0 saturated heterocycles. The van der Waals surface area contributed by atoms with Gasteiger partial charge in [0.25, 0.3) is 0 Å². The Balaban J connectivity index is 2.09. The maximum atomic E-state index is 12.8. The average Bonchev–Trinajstić information content (AvgIpc) is 3.11. The summed E-state index contributed by atoms with van der Waals surface area (Å²) in [4.78, 5) is 46.5. The molecule has 0 saturated carbocycles. The lowest BCUT2D eigenvalue weighted by Gasteiger charge is -2.12. The number of carbonyl (C=O) groups excluding carboxylic acids is 3. The molecule has 0 fully saturated rings. The van der Waals surface area contributed by atoms with Gasteiger partial charge in [0, 0.05) is 0 Å². The van der Waals surface area contributed by atoms with Crippen molar-refractivity contribution in [3.63, 3.8) is 0 Å². The van der Waals surface area contributed by atoms with Crippen LogP contribution < -0.4 is 5.73 Å². The largest absolute Gasteiger partial charge is 0.465 e. The Morgan fingerprint density at radius 2 is 1.48 bits per heavy atom. The number of nitrogens with two attached hydrogens (primary N) is 1. The monoisotopic (exact) mass is 448 g/mol. The van der Waals surface area contributed by atoms with Gasteiger partial charge >= 0.3 is 17.9 Å². The summed E-state index contributed by atoms with van der Waals surface area (Å²) < 4.78 is 16.3. The fourth-order valence-electron chi connectivity index (χ4n) is 3.54. The van der Waals surface area contributed by atoms with E-state index in [9.17, 15) is 14.4 Å². The number of carbonyl (C=O) groups is 3. The van der Waals surface area contributed by atoms with Crippen LogP contribution in [0.5, 0.6) is 0 Å². The number of hydrogen-bond donors (Lipinski definition) is 1. The first kappa shape index (κ1) is 21.8. The minimum atomic E-state index is -0.667. The van der Waals surface area contributed by atoms with Crippen molar-refractivity contribution < 1.29 is 28.6 Å². The minimum absolute atomic E-state index is 0.00316. The number of hydrogen-bond acceptors (Lipinski definition) is 9. The number of nitrogen functional groups attached to an aromatic ring is 1. The van der Waals surface area contributed by atoms with Crippen LogP contribution in [-0.2, 0) is 14.2 Å². The number of nitrogens with zero attached hydrogens (tertiary/aromatic N) is 3. The molecular weight excluding hydrogens is 428 g/mol. The van der Waals surface area contributed by atoms with Gasteiger partial charge in [0.15, 0.2) is 5.65 Å². The average molecular weight is 448 g/mol. The molecule has 168 valence electrons. The van der Waals surface area contributed by atoms with Gasteiger partial charge in [-0.2, -0.15) is 0 Å². The number of rotatable bonds is 5. The fraction of sp³-hybridized carbons (Fsp3) is 0.174. The SMILES string of the molecule is CCOC(=O)c1c(N)n(-c2cc(C(=O)OC)cc(C(=O)OC)c2)c2nc3ccccc3nc12. The molecule has 0 aliphatic rings. The number of aromatic nitrogens is 3. The Kier molecular flexibility index (Phi) is 5.65. The van der Waals surface area contributed by atoms with Crippen molar-refractivity contribution in [2.24, 2.45) is 0 Å². The molecule has 0 aliphatic carbocycles. The summed E-state index contributed by atoms with van der Waals surface area (Å²) in [6.07, 6.45) is 0. The summed E-state index contributed by atoms with van der Waals surface area (Å²) in [7, 11) is 2.45. The van der Waals surface area contributed by atoms with Gasteiger partial charge in [-0.3, -0.25) is 4.57 Å². The van der Waals surface area contributed by atoms with Crippen molar-refractivity contribution in [3.05, 3.63) is 59.2 Å². The summed E-state index contributed by atoms with van der Waals surface area (Å²) >= 11 is 0. The summed E-state index contributed by atoms with van der Waals surface area (Å²) in [5.74, 6) is -2.00. The van der Waals surface area contributed by atoms with Crippen molar-refractivity contribution in [1.29, 1.82) is 0 Å². The zero-order valence-corrected chi connectivity index (χ0v) is 18.1. The molecule has 4 rings (SSSR count). The topological polar surface area (TPSA) is 136 Å². The van der Waals surface area contributed by atoms with Crippen LogP contribution in [0.25, 0.3) is 27.9 Å². The molecule has 2 aromatic heterocycles. The number of para-hydroxylation sites is 2. The second-order valence-electron chi connectivity index (χ2n) is 6.95. The van der Waals surface area contributed by atoms with E-state index in [1.54, 1.807) is 31.2 Å². The third-order valence-corrected chi connectivity index (χ3v) is 5.00. The third-order valence-electron chi connectivity index (χ3n) is 5.00. The maximum absolute atomic E-state index is 12.8. The molecule has 2 N–H and O–H groups in total. The zero-order valence-electron chi connectivity index (χ0n) is 18.1. The van der Waals surface area contributed by atoms with Crippen molar-refractivity contribution in [2.45, 2.75) is 6.92 Å². The van der Waals surface area contributed by atoms with Crippen molar-refractivity contribution >= 4 is 45.9 Å². The number of benzene rings is 2. The number of anilines is 1. The third kappa shape index (κ3) is 3.71. The summed E-state index contributed by atoms with van der Waals surface area (Å²) in [6, 6.07) is 11.4. The molecule has 0 bridgehead atoms. The van der Waals surface area contributed by atoms with E-state index in [1.165, 1.54) is 37.0 Å². The van der Waals surface area contributed by atoms with E-state index in [0.29, 0.717) is 16.7 Å². The highest BCUT2D eigenvalue weighted by Gasteiger charge is 2.27. The van der Waals surface area contributed by atoms with Gasteiger partial charge in [0.2, 0.25) is 0 Å². The molecule has 0 unspecified atom stereocenters. The molecule has 2 aromatic carbocycles. The zero-order chi connectivity index (χ0) is 23.7. The van der Waals surface area contributed by atoms with Gasteiger partial charge in [-0.1, -0.05) is 12.1 Å². The maximum Gasteiger partial charge on any atom is 0.344 e. The Morgan fingerprint density at radius 3 is 2.03 bits per heavy atom. The Bertz CT molecular complexity index is 1390. The van der Waals surface area contributed by atoms with Crippen molar-refractivity contribution in [1.82, 2.24) is 14.5 Å². The lowest BCUT2D eigenvalue weighted by molar-refractivity contribution is 0.0527. The van der Waals surface area contributed by atoms with Crippen molar-refractivity contribution in [2.75, 3.05) is 26.6 Å². The van der Waals surface area contributed by atoms with Gasteiger partial charge in [0.05, 0.1) is 48.7 Å².